The zero-order chi connectivity index (χ0) is 26.2. The van der Waals surface area contributed by atoms with E-state index in [2.05, 4.69) is 44.8 Å². The number of nitrogens with zero attached hydrogens (tertiary/aromatic N) is 3. The highest BCUT2D eigenvalue weighted by atomic mass is 35.5. The SMILES string of the molecule is O=CNC/C=C/C(c1ccc2nc(Nc3ccc(OCc4ccccn4)c(Cl)c3)sc2c1)N1CCCCC1. The van der Waals surface area contributed by atoms with Crippen LogP contribution in [0.25, 0.3) is 10.2 Å². The van der Waals surface area contributed by atoms with Crippen molar-refractivity contribution in [3.05, 3.63) is 89.2 Å². The molecule has 1 aliphatic rings. The topological polar surface area (TPSA) is 79.4 Å². The summed E-state index contributed by atoms with van der Waals surface area (Å²) in [5.74, 6) is 0.608. The van der Waals surface area contributed by atoms with Gasteiger partial charge >= 0.3 is 0 Å². The van der Waals surface area contributed by atoms with Crippen LogP contribution in [0.4, 0.5) is 10.8 Å². The third-order valence-electron chi connectivity index (χ3n) is 6.46. The van der Waals surface area contributed by atoms with Crippen molar-refractivity contribution in [1.29, 1.82) is 0 Å². The van der Waals surface area contributed by atoms with Gasteiger partial charge in [0, 0.05) is 18.4 Å². The van der Waals surface area contributed by atoms with Crippen molar-refractivity contribution in [3.63, 3.8) is 0 Å². The standard InChI is InChI=1S/C29H30ClN5O2S/c30-24-18-22(10-12-27(24)37-19-23-7-2-3-14-32-23)33-29-34-25-11-9-21(17-28(25)38-29)26(8-6-13-31-20-36)35-15-4-1-5-16-35/h2-3,6-12,14,17-18,20,26H,1,4-5,13,15-16,19H2,(H,31,36)(H,33,34)/b8-6+. The summed E-state index contributed by atoms with van der Waals surface area (Å²) in [6, 6.07) is 18.0. The number of benzene rings is 2. The van der Waals surface area contributed by atoms with Gasteiger partial charge in [-0.3, -0.25) is 14.7 Å². The number of thiazole rings is 1. The van der Waals surface area contributed by atoms with Crippen molar-refractivity contribution < 1.29 is 9.53 Å². The van der Waals surface area contributed by atoms with Gasteiger partial charge in [-0.05, 0) is 74.0 Å². The maximum absolute atomic E-state index is 10.6. The number of nitrogens with one attached hydrogen (secondary N) is 2. The molecule has 1 amide bonds. The maximum atomic E-state index is 10.6. The quantitative estimate of drug-likeness (QED) is 0.127. The molecule has 1 aliphatic heterocycles. The monoisotopic (exact) mass is 547 g/mol. The van der Waals surface area contributed by atoms with Crippen LogP contribution in [0.3, 0.4) is 0 Å². The van der Waals surface area contributed by atoms with E-state index >= 15 is 0 Å². The van der Waals surface area contributed by atoms with Crippen LogP contribution in [0.5, 0.6) is 5.75 Å². The third kappa shape index (κ3) is 6.69. The van der Waals surface area contributed by atoms with Gasteiger partial charge in [0.25, 0.3) is 0 Å². The van der Waals surface area contributed by atoms with Crippen molar-refractivity contribution >= 4 is 50.4 Å². The van der Waals surface area contributed by atoms with E-state index in [1.807, 2.05) is 42.5 Å². The zero-order valence-corrected chi connectivity index (χ0v) is 22.5. The molecule has 3 heterocycles. The number of aromatic nitrogens is 2. The van der Waals surface area contributed by atoms with Crippen molar-refractivity contribution in [1.82, 2.24) is 20.2 Å². The summed E-state index contributed by atoms with van der Waals surface area (Å²) in [5, 5.41) is 7.42. The molecule has 0 saturated carbocycles. The highest BCUT2D eigenvalue weighted by Gasteiger charge is 2.21. The fourth-order valence-electron chi connectivity index (χ4n) is 4.59. The number of hydrogen-bond acceptors (Lipinski definition) is 7. The number of anilines is 2. The molecular formula is C29H30ClN5O2S. The Morgan fingerprint density at radius 1 is 1.11 bits per heavy atom. The molecule has 0 radical (unpaired) electrons. The van der Waals surface area contributed by atoms with Gasteiger partial charge in [0.1, 0.15) is 12.4 Å². The van der Waals surface area contributed by atoms with Crippen molar-refractivity contribution in [2.24, 2.45) is 0 Å². The molecule has 2 aromatic carbocycles. The van der Waals surface area contributed by atoms with Crippen LogP contribution < -0.4 is 15.4 Å². The molecule has 196 valence electrons. The molecule has 1 unspecified atom stereocenters. The number of ether oxygens (including phenoxy) is 1. The fourth-order valence-corrected chi connectivity index (χ4v) is 5.76. The van der Waals surface area contributed by atoms with Crippen molar-refractivity contribution in [3.8, 4) is 5.75 Å². The normalized spacial score (nSPS) is 15.0. The lowest BCUT2D eigenvalue weighted by molar-refractivity contribution is -0.109. The molecule has 1 fully saturated rings. The molecule has 0 bridgehead atoms. The second-order valence-electron chi connectivity index (χ2n) is 9.12. The van der Waals surface area contributed by atoms with Crippen molar-refractivity contribution in [2.45, 2.75) is 31.9 Å². The molecule has 2 N–H and O–H groups in total. The number of carbonyl (C=O) groups excluding carboxylic acids is 1. The summed E-state index contributed by atoms with van der Waals surface area (Å²) >= 11 is 8.11. The van der Waals surface area contributed by atoms with Crippen LogP contribution in [0.1, 0.15) is 36.6 Å². The second-order valence-corrected chi connectivity index (χ2v) is 10.6. The number of piperidine rings is 1. The average Bonchev–Trinajstić information content (AvgIpc) is 3.35. The minimum Gasteiger partial charge on any atom is -0.486 e. The Hall–Kier alpha value is -3.46. The largest absolute Gasteiger partial charge is 0.486 e. The highest BCUT2D eigenvalue weighted by molar-refractivity contribution is 7.22. The molecule has 1 atom stereocenters. The van der Waals surface area contributed by atoms with Gasteiger partial charge < -0.3 is 15.4 Å². The molecular weight excluding hydrogens is 518 g/mol. The molecule has 5 rings (SSSR count). The predicted octanol–water partition coefficient (Wildman–Crippen LogP) is 6.50. The molecule has 7 nitrogen and oxygen atoms in total. The number of fused-ring (bicyclic) bond motifs is 1. The van der Waals surface area contributed by atoms with E-state index in [1.165, 1.54) is 24.8 Å². The van der Waals surface area contributed by atoms with E-state index in [1.54, 1.807) is 17.5 Å². The molecule has 0 spiro atoms. The fraction of sp³-hybridized carbons (Fsp3) is 0.276. The number of amides is 1. The Balaban J connectivity index is 1.30. The second kappa shape index (κ2) is 12.9. The summed E-state index contributed by atoms with van der Waals surface area (Å²) < 4.78 is 6.96. The van der Waals surface area contributed by atoms with E-state index in [-0.39, 0.29) is 6.04 Å². The minimum absolute atomic E-state index is 0.170. The minimum atomic E-state index is 0.170. The summed E-state index contributed by atoms with van der Waals surface area (Å²) in [6.45, 7) is 3.03. The first-order valence-corrected chi connectivity index (χ1v) is 14.0. The Bertz CT molecular complexity index is 1390. The number of hydrogen-bond donors (Lipinski definition) is 2. The van der Waals surface area contributed by atoms with E-state index < -0.39 is 0 Å². The Morgan fingerprint density at radius 2 is 2.00 bits per heavy atom. The maximum Gasteiger partial charge on any atom is 0.207 e. The van der Waals surface area contributed by atoms with Crippen LogP contribution in [-0.4, -0.2) is 40.9 Å². The first kappa shape index (κ1) is 26.2. The van der Waals surface area contributed by atoms with E-state index in [4.69, 9.17) is 21.3 Å². The van der Waals surface area contributed by atoms with Gasteiger partial charge in [-0.1, -0.05) is 53.6 Å². The molecule has 2 aromatic heterocycles. The number of likely N-dealkylation sites (tertiary alicyclic amines) is 1. The third-order valence-corrected chi connectivity index (χ3v) is 7.69. The number of halogens is 1. The van der Waals surface area contributed by atoms with Crippen LogP contribution in [0, 0.1) is 0 Å². The molecule has 0 aliphatic carbocycles. The van der Waals surface area contributed by atoms with Gasteiger partial charge in [0.15, 0.2) is 5.13 Å². The molecule has 1 saturated heterocycles. The van der Waals surface area contributed by atoms with E-state index in [0.29, 0.717) is 23.9 Å². The predicted molar refractivity (Wildman–Crippen MR) is 154 cm³/mol. The lowest BCUT2D eigenvalue weighted by Gasteiger charge is -2.33. The Morgan fingerprint density at radius 3 is 2.79 bits per heavy atom. The first-order chi connectivity index (χ1) is 18.7. The number of carbonyl (C=O) groups is 1. The summed E-state index contributed by atoms with van der Waals surface area (Å²) in [5.41, 5.74) is 3.87. The summed E-state index contributed by atoms with van der Waals surface area (Å²) in [4.78, 5) is 22.2. The molecule has 38 heavy (non-hydrogen) atoms. The van der Waals surface area contributed by atoms with Gasteiger partial charge in [0.2, 0.25) is 6.41 Å². The van der Waals surface area contributed by atoms with Crippen LogP contribution in [-0.2, 0) is 11.4 Å². The average molecular weight is 548 g/mol. The smallest absolute Gasteiger partial charge is 0.207 e. The van der Waals surface area contributed by atoms with Crippen molar-refractivity contribution in [2.75, 3.05) is 25.0 Å². The van der Waals surface area contributed by atoms with E-state index in [9.17, 15) is 4.79 Å². The van der Waals surface area contributed by atoms with E-state index in [0.717, 1.165) is 46.2 Å². The Kier molecular flexibility index (Phi) is 8.86. The van der Waals surface area contributed by atoms with Gasteiger partial charge in [-0.2, -0.15) is 0 Å². The lowest BCUT2D eigenvalue weighted by atomic mass is 10.0. The Labute approximate surface area is 231 Å². The van der Waals surface area contributed by atoms with Gasteiger partial charge in [0.05, 0.1) is 27.0 Å². The van der Waals surface area contributed by atoms with Crippen LogP contribution >= 0.6 is 22.9 Å². The zero-order valence-electron chi connectivity index (χ0n) is 21.0. The summed E-state index contributed by atoms with van der Waals surface area (Å²) in [6.07, 6.45) is 10.4. The molecule has 4 aromatic rings. The number of rotatable bonds is 11. The van der Waals surface area contributed by atoms with Gasteiger partial charge in [-0.15, -0.1) is 0 Å². The van der Waals surface area contributed by atoms with Gasteiger partial charge in [-0.25, -0.2) is 4.98 Å². The highest BCUT2D eigenvalue weighted by Crippen LogP contribution is 2.35. The molecule has 9 heteroatoms. The summed E-state index contributed by atoms with van der Waals surface area (Å²) in [7, 11) is 0. The van der Waals surface area contributed by atoms with Crippen LogP contribution in [0.2, 0.25) is 5.02 Å². The first-order valence-electron chi connectivity index (χ1n) is 12.8. The lowest BCUT2D eigenvalue weighted by Crippen LogP contribution is -2.33. The number of pyridine rings is 1. The van der Waals surface area contributed by atoms with Crippen LogP contribution in [0.15, 0.2) is 72.9 Å².